The molecule has 1 heterocycles. The van der Waals surface area contributed by atoms with Crippen LogP contribution in [0.15, 0.2) is 0 Å². The normalized spacial score (nSPS) is 27.8. The molecule has 0 aromatic heterocycles. The van der Waals surface area contributed by atoms with Gasteiger partial charge in [0, 0.05) is 17.7 Å². The first-order valence-corrected chi connectivity index (χ1v) is 8.46. The molecule has 0 bridgehead atoms. The summed E-state index contributed by atoms with van der Waals surface area (Å²) in [5, 5.41) is 7.29. The van der Waals surface area contributed by atoms with E-state index in [-0.39, 0.29) is 18.3 Å². The van der Waals surface area contributed by atoms with Crippen molar-refractivity contribution in [3.63, 3.8) is 0 Å². The van der Waals surface area contributed by atoms with Crippen LogP contribution in [0, 0.1) is 5.92 Å². The second kappa shape index (κ2) is 9.09. The summed E-state index contributed by atoms with van der Waals surface area (Å²) in [6.45, 7) is 4.36. The molecule has 0 spiro atoms. The largest absolute Gasteiger partial charge is 0.352 e. The molecule has 1 amide bonds. The molecule has 2 fully saturated rings. The smallest absolute Gasteiger partial charge is 0.220 e. The van der Waals surface area contributed by atoms with E-state index in [1.165, 1.54) is 19.3 Å². The number of hydrogen-bond acceptors (Lipinski definition) is 3. The predicted octanol–water partition coefficient (Wildman–Crippen LogP) is 2.59. The summed E-state index contributed by atoms with van der Waals surface area (Å²) in [7, 11) is 0. The minimum atomic E-state index is 0. The van der Waals surface area contributed by atoms with Gasteiger partial charge in [-0.1, -0.05) is 13.3 Å². The Balaban J connectivity index is 0.00000180. The van der Waals surface area contributed by atoms with E-state index < -0.39 is 0 Å². The fourth-order valence-corrected chi connectivity index (χ4v) is 4.32. The van der Waals surface area contributed by atoms with Gasteiger partial charge in [0.2, 0.25) is 5.91 Å². The van der Waals surface area contributed by atoms with Crippen molar-refractivity contribution < 1.29 is 4.79 Å². The number of hydrogen-bond donors (Lipinski definition) is 2. The fourth-order valence-electron chi connectivity index (χ4n) is 3.12. The van der Waals surface area contributed by atoms with Crippen molar-refractivity contribution in [3.8, 4) is 0 Å². The highest BCUT2D eigenvalue weighted by Crippen LogP contribution is 2.30. The zero-order valence-electron chi connectivity index (χ0n) is 11.8. The van der Waals surface area contributed by atoms with Gasteiger partial charge >= 0.3 is 0 Å². The highest BCUT2D eigenvalue weighted by molar-refractivity contribution is 7.99. The first kappa shape index (κ1) is 17.1. The molecule has 2 atom stereocenters. The summed E-state index contributed by atoms with van der Waals surface area (Å²) < 4.78 is 0. The van der Waals surface area contributed by atoms with E-state index in [0.29, 0.717) is 17.2 Å². The summed E-state index contributed by atoms with van der Waals surface area (Å²) in [5.41, 5.74) is 0. The first-order valence-electron chi connectivity index (χ1n) is 7.41. The third-order valence-corrected chi connectivity index (χ3v) is 5.44. The van der Waals surface area contributed by atoms with Crippen LogP contribution in [0.1, 0.15) is 45.4 Å². The van der Waals surface area contributed by atoms with E-state index in [9.17, 15) is 4.79 Å². The topological polar surface area (TPSA) is 41.1 Å². The molecule has 1 aliphatic heterocycles. The van der Waals surface area contributed by atoms with Gasteiger partial charge in [-0.3, -0.25) is 4.79 Å². The van der Waals surface area contributed by atoms with E-state index in [0.717, 1.165) is 38.1 Å². The summed E-state index contributed by atoms with van der Waals surface area (Å²) >= 11 is 2.01. The van der Waals surface area contributed by atoms with Crippen molar-refractivity contribution in [2.75, 3.05) is 18.8 Å². The van der Waals surface area contributed by atoms with Crippen LogP contribution in [0.5, 0.6) is 0 Å². The van der Waals surface area contributed by atoms with Crippen molar-refractivity contribution in [1.29, 1.82) is 0 Å². The SMILES string of the molecule is CCSC1CCCC1NC(=O)CC1CCNCC1.Cl. The number of carbonyl (C=O) groups excluding carboxylic acids is 1. The Morgan fingerprint density at radius 1 is 1.26 bits per heavy atom. The number of piperidine rings is 1. The van der Waals surface area contributed by atoms with Gasteiger partial charge in [0.15, 0.2) is 0 Å². The summed E-state index contributed by atoms with van der Waals surface area (Å²) in [5.74, 6) is 2.05. The molecule has 3 nitrogen and oxygen atoms in total. The van der Waals surface area contributed by atoms with Crippen molar-refractivity contribution in [2.45, 2.75) is 56.7 Å². The lowest BCUT2D eigenvalue weighted by molar-refractivity contribution is -0.122. The Morgan fingerprint density at radius 3 is 2.68 bits per heavy atom. The average molecular weight is 307 g/mol. The monoisotopic (exact) mass is 306 g/mol. The number of halogens is 1. The van der Waals surface area contributed by atoms with Crippen molar-refractivity contribution in [2.24, 2.45) is 5.92 Å². The first-order chi connectivity index (χ1) is 8.79. The summed E-state index contributed by atoms with van der Waals surface area (Å²) in [6, 6.07) is 0.434. The highest BCUT2D eigenvalue weighted by atomic mass is 35.5. The Labute approximate surface area is 127 Å². The van der Waals surface area contributed by atoms with Crippen molar-refractivity contribution in [1.82, 2.24) is 10.6 Å². The average Bonchev–Trinajstić information content (AvgIpc) is 2.78. The lowest BCUT2D eigenvalue weighted by Gasteiger charge is -2.24. The quantitative estimate of drug-likeness (QED) is 0.820. The molecule has 2 N–H and O–H groups in total. The van der Waals surface area contributed by atoms with Gasteiger partial charge in [0.05, 0.1) is 0 Å². The number of nitrogens with one attached hydrogen (secondary N) is 2. The Morgan fingerprint density at radius 2 is 2.00 bits per heavy atom. The van der Waals surface area contributed by atoms with E-state index in [4.69, 9.17) is 0 Å². The van der Waals surface area contributed by atoms with Crippen LogP contribution in [-0.2, 0) is 4.79 Å². The maximum atomic E-state index is 12.1. The van der Waals surface area contributed by atoms with Gasteiger partial charge in [0.25, 0.3) is 0 Å². The zero-order chi connectivity index (χ0) is 12.8. The predicted molar refractivity (Wildman–Crippen MR) is 85.2 cm³/mol. The van der Waals surface area contributed by atoms with Crippen molar-refractivity contribution >= 4 is 30.1 Å². The molecular formula is C14H27ClN2OS. The molecule has 1 saturated carbocycles. The number of thioether (sulfide) groups is 1. The van der Waals surface area contributed by atoms with E-state index >= 15 is 0 Å². The number of rotatable bonds is 5. The number of amides is 1. The molecule has 0 radical (unpaired) electrons. The van der Waals surface area contributed by atoms with Crippen LogP contribution in [-0.4, -0.2) is 36.0 Å². The van der Waals surface area contributed by atoms with Crippen LogP contribution >= 0.6 is 24.2 Å². The van der Waals surface area contributed by atoms with Crippen LogP contribution in [0.25, 0.3) is 0 Å². The molecular weight excluding hydrogens is 280 g/mol. The van der Waals surface area contributed by atoms with Crippen LogP contribution < -0.4 is 10.6 Å². The van der Waals surface area contributed by atoms with E-state index in [1.807, 2.05) is 11.8 Å². The minimum Gasteiger partial charge on any atom is -0.352 e. The molecule has 2 unspecified atom stereocenters. The molecule has 5 heteroatoms. The Bertz CT molecular complexity index is 272. The lowest BCUT2D eigenvalue weighted by atomic mass is 9.94. The molecule has 0 aromatic rings. The molecule has 1 aliphatic carbocycles. The summed E-state index contributed by atoms with van der Waals surface area (Å²) in [4.78, 5) is 12.1. The van der Waals surface area contributed by atoms with E-state index in [1.54, 1.807) is 0 Å². The van der Waals surface area contributed by atoms with Crippen molar-refractivity contribution in [3.05, 3.63) is 0 Å². The summed E-state index contributed by atoms with van der Waals surface area (Å²) in [6.07, 6.45) is 6.78. The molecule has 2 rings (SSSR count). The molecule has 112 valence electrons. The van der Waals surface area contributed by atoms with Gasteiger partial charge in [-0.25, -0.2) is 0 Å². The second-order valence-electron chi connectivity index (χ2n) is 5.50. The Kier molecular flexibility index (Phi) is 8.19. The van der Waals surface area contributed by atoms with E-state index in [2.05, 4.69) is 17.6 Å². The minimum absolute atomic E-state index is 0. The lowest BCUT2D eigenvalue weighted by Crippen LogP contribution is -2.40. The number of carbonyl (C=O) groups is 1. The maximum Gasteiger partial charge on any atom is 0.220 e. The van der Waals surface area contributed by atoms with Gasteiger partial charge in [0.1, 0.15) is 0 Å². The van der Waals surface area contributed by atoms with Crippen LogP contribution in [0.4, 0.5) is 0 Å². The third-order valence-electron chi connectivity index (χ3n) is 4.11. The molecule has 0 aromatic carbocycles. The third kappa shape index (κ3) is 5.52. The fraction of sp³-hybridized carbons (Fsp3) is 0.929. The van der Waals surface area contributed by atoms with Gasteiger partial charge in [-0.15, -0.1) is 12.4 Å². The van der Waals surface area contributed by atoms with Crippen LogP contribution in [0.2, 0.25) is 0 Å². The maximum absolute atomic E-state index is 12.1. The van der Waals surface area contributed by atoms with Gasteiger partial charge < -0.3 is 10.6 Å². The molecule has 1 saturated heterocycles. The zero-order valence-corrected chi connectivity index (χ0v) is 13.5. The Hall–Kier alpha value is 0.0700. The van der Waals surface area contributed by atoms with Gasteiger partial charge in [-0.2, -0.15) is 11.8 Å². The molecule has 2 aliphatic rings. The highest BCUT2D eigenvalue weighted by Gasteiger charge is 2.29. The van der Waals surface area contributed by atoms with Crippen LogP contribution in [0.3, 0.4) is 0 Å². The second-order valence-corrected chi connectivity index (χ2v) is 7.01. The van der Waals surface area contributed by atoms with Gasteiger partial charge in [-0.05, 0) is 50.4 Å². The molecule has 19 heavy (non-hydrogen) atoms. The standard InChI is InChI=1S/C14H26N2OS.ClH/c1-2-18-13-5-3-4-12(13)16-14(17)10-11-6-8-15-9-7-11;/h11-13,15H,2-10H2,1H3,(H,16,17);1H.